The average molecular weight is 455 g/mol. The first-order valence-electron chi connectivity index (χ1n) is 12.0. The second kappa shape index (κ2) is 10.6. The Kier molecular flexibility index (Phi) is 7.36. The number of carbonyl (C=O) groups is 1. The van der Waals surface area contributed by atoms with Crippen molar-refractivity contribution in [2.45, 2.75) is 39.7 Å². The number of benzene rings is 3. The summed E-state index contributed by atoms with van der Waals surface area (Å²) in [7, 11) is 1.68. The van der Waals surface area contributed by atoms with Crippen molar-refractivity contribution in [1.82, 2.24) is 9.88 Å². The molecule has 0 aliphatic heterocycles. The van der Waals surface area contributed by atoms with Gasteiger partial charge in [-0.2, -0.15) is 0 Å². The molecule has 1 heterocycles. The fraction of sp³-hybridized carbons (Fsp3) is 0.300. The highest BCUT2D eigenvalue weighted by Gasteiger charge is 2.23. The number of rotatable bonds is 9. The lowest BCUT2D eigenvalue weighted by Crippen LogP contribution is -2.28. The molecular weight excluding hydrogens is 420 g/mol. The van der Waals surface area contributed by atoms with E-state index in [2.05, 4.69) is 97.5 Å². The predicted molar refractivity (Wildman–Crippen MR) is 140 cm³/mol. The third kappa shape index (κ3) is 5.51. The topological polar surface area (TPSA) is 43.3 Å². The van der Waals surface area contributed by atoms with Crippen molar-refractivity contribution in [3.63, 3.8) is 0 Å². The molecule has 0 spiro atoms. The van der Waals surface area contributed by atoms with Gasteiger partial charge in [0.05, 0.1) is 7.11 Å². The van der Waals surface area contributed by atoms with Crippen LogP contribution in [0, 0.1) is 12.8 Å². The Morgan fingerprint density at radius 3 is 2.35 bits per heavy atom. The van der Waals surface area contributed by atoms with Gasteiger partial charge < -0.3 is 14.6 Å². The van der Waals surface area contributed by atoms with Gasteiger partial charge in [0.2, 0.25) is 5.91 Å². The highest BCUT2D eigenvalue weighted by Crippen LogP contribution is 2.35. The van der Waals surface area contributed by atoms with Crippen molar-refractivity contribution in [1.29, 1.82) is 0 Å². The molecule has 3 aromatic carbocycles. The zero-order chi connectivity index (χ0) is 24.1. The zero-order valence-corrected chi connectivity index (χ0v) is 20.5. The molecule has 1 atom stereocenters. The summed E-state index contributed by atoms with van der Waals surface area (Å²) in [5.41, 5.74) is 5.95. The lowest BCUT2D eigenvalue weighted by atomic mass is 9.87. The van der Waals surface area contributed by atoms with Gasteiger partial charge in [-0.05, 0) is 47.7 Å². The van der Waals surface area contributed by atoms with Gasteiger partial charge in [-0.3, -0.25) is 4.79 Å². The maximum Gasteiger partial charge on any atom is 0.220 e. The number of para-hydroxylation sites is 1. The van der Waals surface area contributed by atoms with Crippen molar-refractivity contribution in [2.24, 2.45) is 5.92 Å². The Morgan fingerprint density at radius 2 is 1.68 bits per heavy atom. The van der Waals surface area contributed by atoms with Crippen LogP contribution >= 0.6 is 0 Å². The van der Waals surface area contributed by atoms with E-state index in [0.717, 1.165) is 17.9 Å². The van der Waals surface area contributed by atoms with E-state index in [1.165, 1.54) is 27.6 Å². The highest BCUT2D eigenvalue weighted by atomic mass is 16.5. The van der Waals surface area contributed by atoms with E-state index >= 15 is 0 Å². The van der Waals surface area contributed by atoms with Gasteiger partial charge >= 0.3 is 0 Å². The molecule has 0 radical (unpaired) electrons. The van der Waals surface area contributed by atoms with Crippen molar-refractivity contribution < 1.29 is 9.53 Å². The van der Waals surface area contributed by atoms with Crippen LogP contribution in [0.4, 0.5) is 0 Å². The van der Waals surface area contributed by atoms with E-state index in [-0.39, 0.29) is 11.8 Å². The zero-order valence-electron chi connectivity index (χ0n) is 20.5. The summed E-state index contributed by atoms with van der Waals surface area (Å²) in [6.45, 7) is 7.77. The minimum atomic E-state index is -0.0187. The van der Waals surface area contributed by atoms with Crippen molar-refractivity contribution in [2.75, 3.05) is 13.7 Å². The Balaban J connectivity index is 1.73. The van der Waals surface area contributed by atoms with Gasteiger partial charge in [0.15, 0.2) is 0 Å². The molecule has 1 unspecified atom stereocenters. The molecule has 0 saturated heterocycles. The smallest absolute Gasteiger partial charge is 0.220 e. The SMILES string of the molecule is COc1ccc(Cn2cc(C(CC(=O)NCC(C)C)c3ccc(C)cc3)c3ccccc32)cc1. The molecule has 4 aromatic rings. The molecule has 0 fully saturated rings. The Bertz CT molecular complexity index is 1240. The number of carbonyl (C=O) groups excluding carboxylic acids is 1. The molecule has 0 bridgehead atoms. The van der Waals surface area contributed by atoms with E-state index in [9.17, 15) is 4.79 Å². The Morgan fingerprint density at radius 1 is 0.971 bits per heavy atom. The number of amides is 1. The second-order valence-corrected chi connectivity index (χ2v) is 9.44. The van der Waals surface area contributed by atoms with E-state index in [1.54, 1.807) is 7.11 Å². The average Bonchev–Trinajstić information content (AvgIpc) is 3.20. The molecule has 0 aliphatic rings. The van der Waals surface area contributed by atoms with Gasteiger partial charge in [0.25, 0.3) is 0 Å². The number of nitrogens with one attached hydrogen (secondary N) is 1. The third-order valence-electron chi connectivity index (χ3n) is 6.28. The lowest BCUT2D eigenvalue weighted by Gasteiger charge is -2.18. The molecule has 4 heteroatoms. The summed E-state index contributed by atoms with van der Waals surface area (Å²) >= 11 is 0. The van der Waals surface area contributed by atoms with Crippen LogP contribution in [0.5, 0.6) is 5.75 Å². The highest BCUT2D eigenvalue weighted by molar-refractivity contribution is 5.86. The van der Waals surface area contributed by atoms with Crippen LogP contribution < -0.4 is 10.1 Å². The molecule has 34 heavy (non-hydrogen) atoms. The van der Waals surface area contributed by atoms with Crippen LogP contribution in [-0.2, 0) is 11.3 Å². The monoisotopic (exact) mass is 454 g/mol. The molecular formula is C30H34N2O2. The number of ether oxygens (including phenoxy) is 1. The van der Waals surface area contributed by atoms with Crippen molar-refractivity contribution in [3.05, 3.63) is 101 Å². The summed E-state index contributed by atoms with van der Waals surface area (Å²) in [6.07, 6.45) is 2.65. The normalized spacial score (nSPS) is 12.1. The minimum Gasteiger partial charge on any atom is -0.497 e. The number of aromatic nitrogens is 1. The first kappa shape index (κ1) is 23.6. The summed E-state index contributed by atoms with van der Waals surface area (Å²) in [4.78, 5) is 12.9. The molecule has 176 valence electrons. The molecule has 1 N–H and O–H groups in total. The number of fused-ring (bicyclic) bond motifs is 1. The third-order valence-corrected chi connectivity index (χ3v) is 6.28. The van der Waals surface area contributed by atoms with Crippen LogP contribution in [0.15, 0.2) is 79.0 Å². The second-order valence-electron chi connectivity index (χ2n) is 9.44. The van der Waals surface area contributed by atoms with Crippen LogP contribution in [-0.4, -0.2) is 24.1 Å². The minimum absolute atomic E-state index is 0.0187. The molecule has 1 amide bonds. The van der Waals surface area contributed by atoms with Gasteiger partial charge in [-0.25, -0.2) is 0 Å². The van der Waals surface area contributed by atoms with Gasteiger partial charge in [0, 0.05) is 42.5 Å². The quantitative estimate of drug-likeness (QED) is 0.322. The summed E-state index contributed by atoms with van der Waals surface area (Å²) in [5.74, 6) is 1.35. The maximum atomic E-state index is 12.9. The maximum absolute atomic E-state index is 12.9. The standard InChI is InChI=1S/C30H34N2O2/c1-21(2)18-31-30(33)17-27(24-13-9-22(3)10-14-24)28-20-32(29-8-6-5-7-26(28)29)19-23-11-15-25(34-4)16-12-23/h5-16,20-21,27H,17-19H2,1-4H3,(H,31,33). The molecule has 4 rings (SSSR count). The van der Waals surface area contributed by atoms with E-state index in [0.29, 0.717) is 18.9 Å². The van der Waals surface area contributed by atoms with Gasteiger partial charge in [0.1, 0.15) is 5.75 Å². The molecule has 0 aliphatic carbocycles. The van der Waals surface area contributed by atoms with Crippen LogP contribution in [0.1, 0.15) is 48.4 Å². The predicted octanol–water partition coefficient (Wildman–Crippen LogP) is 6.30. The number of aryl methyl sites for hydroxylation is 1. The molecule has 4 nitrogen and oxygen atoms in total. The van der Waals surface area contributed by atoms with E-state index in [1.807, 2.05) is 12.1 Å². The Labute approximate surface area is 202 Å². The number of hydrogen-bond donors (Lipinski definition) is 1. The molecule has 0 saturated carbocycles. The fourth-order valence-electron chi connectivity index (χ4n) is 4.39. The first-order chi connectivity index (χ1) is 16.4. The first-order valence-corrected chi connectivity index (χ1v) is 12.0. The lowest BCUT2D eigenvalue weighted by molar-refractivity contribution is -0.121. The number of methoxy groups -OCH3 is 1. The van der Waals surface area contributed by atoms with E-state index < -0.39 is 0 Å². The summed E-state index contributed by atoms with van der Waals surface area (Å²) in [5, 5.41) is 4.30. The van der Waals surface area contributed by atoms with Crippen LogP contribution in [0.3, 0.4) is 0 Å². The number of nitrogens with zero attached hydrogens (tertiary/aromatic N) is 1. The Hall–Kier alpha value is -3.53. The van der Waals surface area contributed by atoms with Crippen molar-refractivity contribution >= 4 is 16.8 Å². The van der Waals surface area contributed by atoms with Gasteiger partial charge in [-0.1, -0.05) is 74.0 Å². The fourth-order valence-corrected chi connectivity index (χ4v) is 4.39. The van der Waals surface area contributed by atoms with Crippen LogP contribution in [0.25, 0.3) is 10.9 Å². The van der Waals surface area contributed by atoms with Gasteiger partial charge in [-0.15, -0.1) is 0 Å². The summed E-state index contributed by atoms with van der Waals surface area (Å²) in [6, 6.07) is 25.3. The molecule has 1 aromatic heterocycles. The number of hydrogen-bond acceptors (Lipinski definition) is 2. The van der Waals surface area contributed by atoms with Crippen molar-refractivity contribution in [3.8, 4) is 5.75 Å². The largest absolute Gasteiger partial charge is 0.497 e. The van der Waals surface area contributed by atoms with Crippen LogP contribution in [0.2, 0.25) is 0 Å². The summed E-state index contributed by atoms with van der Waals surface area (Å²) < 4.78 is 7.60. The van der Waals surface area contributed by atoms with E-state index in [4.69, 9.17) is 4.74 Å².